The van der Waals surface area contributed by atoms with Gasteiger partial charge in [0, 0.05) is 16.5 Å². The highest BCUT2D eigenvalue weighted by Gasteiger charge is 2.12. The Hall–Kier alpha value is -2.40. The molecule has 2 N–H and O–H groups in total. The molecule has 0 bridgehead atoms. The van der Waals surface area contributed by atoms with E-state index in [0.29, 0.717) is 12.1 Å². The van der Waals surface area contributed by atoms with Gasteiger partial charge < -0.3 is 10.4 Å². The zero-order valence-corrected chi connectivity index (χ0v) is 11.4. The summed E-state index contributed by atoms with van der Waals surface area (Å²) in [6.45, 7) is 0.455. The molecular weight excluding hydrogens is 272 g/mol. The van der Waals surface area contributed by atoms with Crippen molar-refractivity contribution in [2.75, 3.05) is 0 Å². The van der Waals surface area contributed by atoms with E-state index >= 15 is 0 Å². The number of thiophene rings is 1. The number of carbonyl (C=O) groups is 1. The van der Waals surface area contributed by atoms with Crippen molar-refractivity contribution in [3.8, 4) is 5.75 Å². The lowest BCUT2D eigenvalue weighted by Crippen LogP contribution is -2.22. The summed E-state index contributed by atoms with van der Waals surface area (Å²) >= 11 is 1.58. The van der Waals surface area contributed by atoms with Crippen molar-refractivity contribution in [3.05, 3.63) is 58.4 Å². The Morgan fingerprint density at radius 2 is 2.20 bits per heavy atom. The molecule has 4 nitrogen and oxygen atoms in total. The molecule has 1 amide bonds. The van der Waals surface area contributed by atoms with Gasteiger partial charge in [-0.15, -0.1) is 11.3 Å². The number of hydrogen-bond donors (Lipinski definition) is 2. The maximum atomic E-state index is 12.1. The number of aromatic hydroxyl groups is 1. The third-order valence-electron chi connectivity index (χ3n) is 2.97. The molecule has 0 aliphatic heterocycles. The Morgan fingerprint density at radius 3 is 3.00 bits per heavy atom. The number of hydrogen-bond acceptors (Lipinski definition) is 4. The van der Waals surface area contributed by atoms with Crippen LogP contribution in [0.5, 0.6) is 5.75 Å². The van der Waals surface area contributed by atoms with Crippen LogP contribution in [0.1, 0.15) is 15.2 Å². The van der Waals surface area contributed by atoms with Crippen molar-refractivity contribution in [2.45, 2.75) is 6.54 Å². The van der Waals surface area contributed by atoms with Crippen molar-refractivity contribution in [1.82, 2.24) is 10.3 Å². The molecule has 0 saturated heterocycles. The molecule has 3 rings (SSSR count). The Kier molecular flexibility index (Phi) is 3.35. The molecule has 3 aromatic rings. The second-order valence-electron chi connectivity index (χ2n) is 4.33. The number of aromatic nitrogens is 1. The summed E-state index contributed by atoms with van der Waals surface area (Å²) in [5.41, 5.74) is 0.930. The number of rotatable bonds is 3. The summed E-state index contributed by atoms with van der Waals surface area (Å²) in [5.74, 6) is -0.336. The molecule has 0 fully saturated rings. The number of phenols is 1. The van der Waals surface area contributed by atoms with Crippen molar-refractivity contribution >= 4 is 28.1 Å². The number of fused-ring (bicyclic) bond motifs is 1. The van der Waals surface area contributed by atoms with Crippen LogP contribution in [-0.4, -0.2) is 16.0 Å². The first-order valence-electron chi connectivity index (χ1n) is 6.12. The number of nitrogens with zero attached hydrogens (tertiary/aromatic N) is 1. The highest BCUT2D eigenvalue weighted by atomic mass is 32.1. The van der Waals surface area contributed by atoms with Crippen LogP contribution in [0, 0.1) is 0 Å². The van der Waals surface area contributed by atoms with Crippen molar-refractivity contribution < 1.29 is 9.90 Å². The minimum absolute atomic E-state index is 0.0332. The third-order valence-corrected chi connectivity index (χ3v) is 3.84. The molecule has 2 heterocycles. The summed E-state index contributed by atoms with van der Waals surface area (Å²) < 4.78 is 0. The van der Waals surface area contributed by atoms with E-state index in [0.717, 1.165) is 10.3 Å². The maximum absolute atomic E-state index is 12.1. The highest BCUT2D eigenvalue weighted by Crippen LogP contribution is 2.23. The lowest BCUT2D eigenvalue weighted by atomic mass is 10.1. The van der Waals surface area contributed by atoms with Crippen LogP contribution >= 0.6 is 11.3 Å². The molecule has 100 valence electrons. The Morgan fingerprint density at radius 1 is 1.30 bits per heavy atom. The van der Waals surface area contributed by atoms with Gasteiger partial charge in [-0.3, -0.25) is 9.78 Å². The second kappa shape index (κ2) is 5.30. The quantitative estimate of drug-likeness (QED) is 0.777. The number of phenolic OH excluding ortho intramolecular Hbond substituents is 1. The molecule has 0 aliphatic carbocycles. The van der Waals surface area contributed by atoms with Gasteiger partial charge in [0.15, 0.2) is 0 Å². The second-order valence-corrected chi connectivity index (χ2v) is 5.36. The van der Waals surface area contributed by atoms with E-state index < -0.39 is 0 Å². The average Bonchev–Trinajstić information content (AvgIpc) is 2.97. The number of benzene rings is 1. The number of amides is 1. The smallest absolute Gasteiger partial charge is 0.255 e. The maximum Gasteiger partial charge on any atom is 0.255 e. The van der Waals surface area contributed by atoms with Gasteiger partial charge >= 0.3 is 0 Å². The fourth-order valence-corrected chi connectivity index (χ4v) is 2.61. The van der Waals surface area contributed by atoms with Crippen LogP contribution in [0.25, 0.3) is 10.9 Å². The molecule has 5 heteroatoms. The van der Waals surface area contributed by atoms with E-state index in [-0.39, 0.29) is 17.2 Å². The van der Waals surface area contributed by atoms with Crippen LogP contribution in [-0.2, 0) is 6.54 Å². The fraction of sp³-hybridized carbons (Fsp3) is 0.0667. The summed E-state index contributed by atoms with van der Waals surface area (Å²) in [5, 5.41) is 15.5. The number of nitrogens with one attached hydrogen (secondary N) is 1. The zero-order chi connectivity index (χ0) is 13.9. The van der Waals surface area contributed by atoms with Gasteiger partial charge in [0.05, 0.1) is 17.6 Å². The molecular formula is C15H12N2O2S. The largest absolute Gasteiger partial charge is 0.507 e. The molecule has 20 heavy (non-hydrogen) atoms. The molecule has 2 aromatic heterocycles. The Labute approximate surface area is 119 Å². The first-order chi connectivity index (χ1) is 9.74. The van der Waals surface area contributed by atoms with Crippen LogP contribution in [0.4, 0.5) is 0 Å². The summed E-state index contributed by atoms with van der Waals surface area (Å²) in [6, 6.07) is 10.7. The minimum atomic E-state index is -0.302. The molecule has 0 atom stereocenters. The van der Waals surface area contributed by atoms with Crippen LogP contribution in [0.3, 0.4) is 0 Å². The molecule has 1 aromatic carbocycles. The molecule has 0 spiro atoms. The summed E-state index contributed by atoms with van der Waals surface area (Å²) in [7, 11) is 0. The predicted octanol–water partition coefficient (Wildman–Crippen LogP) is 2.93. The minimum Gasteiger partial charge on any atom is -0.507 e. The molecule has 0 aliphatic rings. The van der Waals surface area contributed by atoms with E-state index in [1.807, 2.05) is 23.6 Å². The zero-order valence-electron chi connectivity index (χ0n) is 10.5. The van der Waals surface area contributed by atoms with E-state index in [2.05, 4.69) is 10.3 Å². The lowest BCUT2D eigenvalue weighted by Gasteiger charge is -2.07. The van der Waals surface area contributed by atoms with E-state index in [1.165, 1.54) is 0 Å². The van der Waals surface area contributed by atoms with Gasteiger partial charge in [-0.1, -0.05) is 12.1 Å². The van der Waals surface area contributed by atoms with E-state index in [9.17, 15) is 9.90 Å². The lowest BCUT2D eigenvalue weighted by molar-refractivity contribution is 0.0949. The van der Waals surface area contributed by atoms with Crippen LogP contribution in [0.15, 0.2) is 48.0 Å². The Balaban J connectivity index is 1.85. The predicted molar refractivity (Wildman–Crippen MR) is 78.9 cm³/mol. The molecule has 0 saturated carbocycles. The SMILES string of the molecule is O=C(NCc1cccs1)c1cc2ncccc2cc1O. The average molecular weight is 284 g/mol. The van der Waals surface area contributed by atoms with Crippen molar-refractivity contribution in [2.24, 2.45) is 0 Å². The number of pyridine rings is 1. The van der Waals surface area contributed by atoms with E-state index in [4.69, 9.17) is 0 Å². The van der Waals surface area contributed by atoms with Gasteiger partial charge in [0.2, 0.25) is 0 Å². The topological polar surface area (TPSA) is 62.2 Å². The summed E-state index contributed by atoms with van der Waals surface area (Å²) in [4.78, 5) is 17.4. The van der Waals surface area contributed by atoms with Gasteiger partial charge in [-0.25, -0.2) is 0 Å². The first kappa shape index (κ1) is 12.6. The van der Waals surface area contributed by atoms with Crippen LogP contribution in [0.2, 0.25) is 0 Å². The van der Waals surface area contributed by atoms with Crippen molar-refractivity contribution in [3.63, 3.8) is 0 Å². The van der Waals surface area contributed by atoms with Gasteiger partial charge in [-0.05, 0) is 29.6 Å². The van der Waals surface area contributed by atoms with E-state index in [1.54, 1.807) is 35.7 Å². The summed E-state index contributed by atoms with van der Waals surface area (Å²) in [6.07, 6.45) is 1.66. The number of carbonyl (C=O) groups excluding carboxylic acids is 1. The van der Waals surface area contributed by atoms with Crippen LogP contribution < -0.4 is 5.32 Å². The first-order valence-corrected chi connectivity index (χ1v) is 7.00. The Bertz CT molecular complexity index is 754. The third kappa shape index (κ3) is 2.48. The molecule has 0 radical (unpaired) electrons. The highest BCUT2D eigenvalue weighted by molar-refractivity contribution is 7.09. The fourth-order valence-electron chi connectivity index (χ4n) is 1.97. The van der Waals surface area contributed by atoms with Gasteiger partial charge in [-0.2, -0.15) is 0 Å². The normalized spacial score (nSPS) is 10.6. The standard InChI is InChI=1S/C15H12N2O2S/c18-14-7-10-3-1-5-16-13(10)8-12(14)15(19)17-9-11-4-2-6-20-11/h1-8,18H,9H2,(H,17,19). The van der Waals surface area contributed by atoms with Crippen molar-refractivity contribution in [1.29, 1.82) is 0 Å². The molecule has 0 unspecified atom stereocenters. The van der Waals surface area contributed by atoms with Gasteiger partial charge in [0.1, 0.15) is 5.75 Å². The monoisotopic (exact) mass is 284 g/mol. The van der Waals surface area contributed by atoms with Gasteiger partial charge in [0.25, 0.3) is 5.91 Å².